The van der Waals surface area contributed by atoms with E-state index >= 15 is 0 Å². The normalized spacial score (nSPS) is 12.9. The number of aromatic nitrogens is 3. The quantitative estimate of drug-likeness (QED) is 0.851. The summed E-state index contributed by atoms with van der Waals surface area (Å²) in [6.07, 6.45) is 0.932. The van der Waals surface area contributed by atoms with Crippen molar-refractivity contribution >= 4 is 17.7 Å². The van der Waals surface area contributed by atoms with Crippen LogP contribution in [0.5, 0.6) is 0 Å². The van der Waals surface area contributed by atoms with Crippen LogP contribution in [-0.4, -0.2) is 31.6 Å². The number of carboxylic acids is 1. The fourth-order valence-corrected chi connectivity index (χ4v) is 2.80. The summed E-state index contributed by atoms with van der Waals surface area (Å²) in [5.74, 6) is 0.0121. The molecular formula is C12H11N3O2S. The second-order valence-electron chi connectivity index (χ2n) is 4.05. The lowest BCUT2D eigenvalue weighted by molar-refractivity contribution is -0.133. The Hall–Kier alpha value is -1.82. The van der Waals surface area contributed by atoms with Gasteiger partial charge in [-0.15, -0.1) is 10.2 Å². The molecule has 0 saturated carbocycles. The van der Waals surface area contributed by atoms with E-state index in [0.29, 0.717) is 5.16 Å². The maximum absolute atomic E-state index is 10.6. The predicted octanol–water partition coefficient (Wildman–Crippen LogP) is 1.68. The molecule has 1 aromatic carbocycles. The van der Waals surface area contributed by atoms with Gasteiger partial charge in [0.05, 0.1) is 5.75 Å². The van der Waals surface area contributed by atoms with Crippen LogP contribution in [0.4, 0.5) is 0 Å². The summed E-state index contributed by atoms with van der Waals surface area (Å²) >= 11 is 1.21. The third-order valence-corrected chi connectivity index (χ3v) is 3.86. The number of hydrogen-bond acceptors (Lipinski definition) is 4. The first-order chi connectivity index (χ1) is 8.75. The highest BCUT2D eigenvalue weighted by molar-refractivity contribution is 7.99. The Kier molecular flexibility index (Phi) is 2.79. The molecule has 0 unspecified atom stereocenters. The number of hydrogen-bond donors (Lipinski definition) is 1. The molecule has 1 N–H and O–H groups in total. The average Bonchev–Trinajstić information content (AvgIpc) is 2.80. The lowest BCUT2D eigenvalue weighted by atomic mass is 10.0. The number of benzene rings is 1. The van der Waals surface area contributed by atoms with Crippen LogP contribution in [0.1, 0.15) is 5.56 Å². The second kappa shape index (κ2) is 4.45. The fourth-order valence-electron chi connectivity index (χ4n) is 2.11. The highest BCUT2D eigenvalue weighted by Gasteiger charge is 2.21. The van der Waals surface area contributed by atoms with Crippen molar-refractivity contribution in [3.05, 3.63) is 29.8 Å². The SMILES string of the molecule is O=C(O)CSc1nnc2n1CCc1ccccc1-2. The molecular weight excluding hydrogens is 250 g/mol. The molecule has 0 bridgehead atoms. The first-order valence-electron chi connectivity index (χ1n) is 5.62. The van der Waals surface area contributed by atoms with E-state index < -0.39 is 5.97 Å². The minimum absolute atomic E-state index is 0.0137. The van der Waals surface area contributed by atoms with Crippen molar-refractivity contribution in [2.24, 2.45) is 0 Å². The van der Waals surface area contributed by atoms with Gasteiger partial charge in [0.25, 0.3) is 0 Å². The summed E-state index contributed by atoms with van der Waals surface area (Å²) in [7, 11) is 0. The maximum Gasteiger partial charge on any atom is 0.313 e. The molecule has 0 atom stereocenters. The van der Waals surface area contributed by atoms with Gasteiger partial charge in [-0.3, -0.25) is 4.79 Å². The van der Waals surface area contributed by atoms with Gasteiger partial charge in [0.2, 0.25) is 0 Å². The minimum atomic E-state index is -0.839. The van der Waals surface area contributed by atoms with Crippen LogP contribution < -0.4 is 0 Å². The van der Waals surface area contributed by atoms with Gasteiger partial charge in [0.15, 0.2) is 11.0 Å². The van der Waals surface area contributed by atoms with E-state index in [2.05, 4.69) is 16.3 Å². The van der Waals surface area contributed by atoms with Gasteiger partial charge in [-0.05, 0) is 12.0 Å². The zero-order valence-corrected chi connectivity index (χ0v) is 10.4. The summed E-state index contributed by atoms with van der Waals surface area (Å²) in [5, 5.41) is 17.6. The molecule has 2 heterocycles. The summed E-state index contributed by atoms with van der Waals surface area (Å²) in [6, 6.07) is 8.12. The largest absolute Gasteiger partial charge is 0.481 e. The van der Waals surface area contributed by atoms with Crippen molar-refractivity contribution in [2.75, 3.05) is 5.75 Å². The maximum atomic E-state index is 10.6. The third-order valence-electron chi connectivity index (χ3n) is 2.90. The molecule has 5 nitrogen and oxygen atoms in total. The molecule has 1 aromatic heterocycles. The van der Waals surface area contributed by atoms with Crippen molar-refractivity contribution < 1.29 is 9.90 Å². The number of aryl methyl sites for hydroxylation is 1. The Morgan fingerprint density at radius 3 is 3.06 bits per heavy atom. The molecule has 0 radical (unpaired) electrons. The first-order valence-corrected chi connectivity index (χ1v) is 6.60. The fraction of sp³-hybridized carbons (Fsp3) is 0.250. The van der Waals surface area contributed by atoms with Gasteiger partial charge < -0.3 is 9.67 Å². The van der Waals surface area contributed by atoms with Crippen LogP contribution >= 0.6 is 11.8 Å². The topological polar surface area (TPSA) is 68.0 Å². The number of carbonyl (C=O) groups is 1. The lowest BCUT2D eigenvalue weighted by Crippen LogP contribution is -2.12. The molecule has 0 aliphatic carbocycles. The van der Waals surface area contributed by atoms with Gasteiger partial charge in [-0.1, -0.05) is 36.0 Å². The second-order valence-corrected chi connectivity index (χ2v) is 4.99. The average molecular weight is 261 g/mol. The Bertz CT molecular complexity index is 609. The molecule has 3 rings (SSSR count). The van der Waals surface area contributed by atoms with E-state index in [9.17, 15) is 4.79 Å². The molecule has 0 fully saturated rings. The van der Waals surface area contributed by atoms with Crippen molar-refractivity contribution in [1.29, 1.82) is 0 Å². The number of nitrogens with zero attached hydrogens (tertiary/aromatic N) is 3. The van der Waals surface area contributed by atoms with Crippen LogP contribution in [0.15, 0.2) is 29.4 Å². The van der Waals surface area contributed by atoms with E-state index in [1.165, 1.54) is 17.3 Å². The lowest BCUT2D eigenvalue weighted by Gasteiger charge is -2.17. The van der Waals surface area contributed by atoms with Gasteiger partial charge in [-0.25, -0.2) is 0 Å². The molecule has 0 amide bonds. The molecule has 6 heteroatoms. The first kappa shape index (κ1) is 11.3. The van der Waals surface area contributed by atoms with Crippen molar-refractivity contribution in [2.45, 2.75) is 18.1 Å². The van der Waals surface area contributed by atoms with Crippen LogP contribution in [0, 0.1) is 0 Å². The highest BCUT2D eigenvalue weighted by Crippen LogP contribution is 2.30. The van der Waals surface area contributed by atoms with E-state index in [1.54, 1.807) is 0 Å². The van der Waals surface area contributed by atoms with Crippen LogP contribution in [0.2, 0.25) is 0 Å². The Morgan fingerprint density at radius 2 is 2.22 bits per heavy atom. The number of fused-ring (bicyclic) bond motifs is 3. The summed E-state index contributed by atoms with van der Waals surface area (Å²) in [5.41, 5.74) is 2.37. The Morgan fingerprint density at radius 1 is 1.39 bits per heavy atom. The van der Waals surface area contributed by atoms with E-state index in [4.69, 9.17) is 5.11 Å². The van der Waals surface area contributed by atoms with Crippen molar-refractivity contribution in [3.63, 3.8) is 0 Å². The molecule has 0 saturated heterocycles. The Balaban J connectivity index is 1.97. The summed E-state index contributed by atoms with van der Waals surface area (Å²) < 4.78 is 2.00. The molecule has 0 spiro atoms. The van der Waals surface area contributed by atoms with Gasteiger partial charge in [0, 0.05) is 12.1 Å². The Labute approximate surface area is 108 Å². The number of aliphatic carboxylic acids is 1. The van der Waals surface area contributed by atoms with Crippen molar-refractivity contribution in [1.82, 2.24) is 14.8 Å². The van der Waals surface area contributed by atoms with Gasteiger partial charge in [-0.2, -0.15) is 0 Å². The highest BCUT2D eigenvalue weighted by atomic mass is 32.2. The number of thioether (sulfide) groups is 1. The number of rotatable bonds is 3. The van der Waals surface area contributed by atoms with Gasteiger partial charge >= 0.3 is 5.97 Å². The minimum Gasteiger partial charge on any atom is -0.481 e. The summed E-state index contributed by atoms with van der Waals surface area (Å²) in [4.78, 5) is 10.6. The third kappa shape index (κ3) is 1.88. The molecule has 1 aliphatic rings. The van der Waals surface area contributed by atoms with E-state index in [0.717, 1.165) is 24.4 Å². The number of carboxylic acid groups (broad SMARTS) is 1. The van der Waals surface area contributed by atoms with Gasteiger partial charge in [0.1, 0.15) is 0 Å². The van der Waals surface area contributed by atoms with Crippen LogP contribution in [0.3, 0.4) is 0 Å². The zero-order chi connectivity index (χ0) is 12.5. The molecule has 1 aliphatic heterocycles. The smallest absolute Gasteiger partial charge is 0.313 e. The zero-order valence-electron chi connectivity index (χ0n) is 9.54. The molecule has 92 valence electrons. The van der Waals surface area contributed by atoms with E-state index in [-0.39, 0.29) is 5.75 Å². The van der Waals surface area contributed by atoms with Crippen LogP contribution in [-0.2, 0) is 17.8 Å². The standard InChI is InChI=1S/C12H11N3O2S/c16-10(17)7-18-12-14-13-11-9-4-2-1-3-8(9)5-6-15(11)12/h1-4H,5-7H2,(H,16,17). The van der Waals surface area contributed by atoms with Crippen molar-refractivity contribution in [3.8, 4) is 11.4 Å². The molecule has 18 heavy (non-hydrogen) atoms. The van der Waals surface area contributed by atoms with Crippen LogP contribution in [0.25, 0.3) is 11.4 Å². The monoisotopic (exact) mass is 261 g/mol. The summed E-state index contributed by atoms with van der Waals surface area (Å²) in [6.45, 7) is 0.807. The van der Waals surface area contributed by atoms with E-state index in [1.807, 2.05) is 22.8 Å². The molecule has 2 aromatic rings. The predicted molar refractivity (Wildman–Crippen MR) is 67.5 cm³/mol.